The number of benzene rings is 3. The van der Waals surface area contributed by atoms with Crippen LogP contribution in [0.1, 0.15) is 38.5 Å². The lowest BCUT2D eigenvalue weighted by molar-refractivity contribution is 0.419. The van der Waals surface area contributed by atoms with Gasteiger partial charge in [-0.3, -0.25) is 0 Å². The summed E-state index contributed by atoms with van der Waals surface area (Å²) < 4.78 is 0. The topological polar surface area (TPSA) is 0 Å². The minimum atomic E-state index is -1.67. The summed E-state index contributed by atoms with van der Waals surface area (Å²) >= 11 is 0. The Hall–Kier alpha value is -2.17. The number of allylic oxidation sites excluding steroid dienone is 2. The maximum absolute atomic E-state index is 2.52. The largest absolute Gasteiger partial charge is 0.112 e. The van der Waals surface area contributed by atoms with Crippen molar-refractivity contribution in [1.82, 2.24) is 0 Å². The minimum absolute atomic E-state index is 0.807. The fourth-order valence-corrected chi connectivity index (χ4v) is 9.01. The van der Waals surface area contributed by atoms with Crippen LogP contribution in [0.25, 0.3) is 0 Å². The van der Waals surface area contributed by atoms with Gasteiger partial charge in [0.05, 0.1) is 6.16 Å². The summed E-state index contributed by atoms with van der Waals surface area (Å²) in [5, 5.41) is 4.47. The second kappa shape index (κ2) is 10.0. The Kier molecular flexibility index (Phi) is 6.96. The zero-order chi connectivity index (χ0) is 19.8. The lowest BCUT2D eigenvalue weighted by atomic mass is 9.89. The summed E-state index contributed by atoms with van der Waals surface area (Å²) in [6, 6.07) is 33.7. The van der Waals surface area contributed by atoms with Crippen LogP contribution in [0.5, 0.6) is 0 Å². The highest BCUT2D eigenvalue weighted by atomic mass is 31.2. The third-order valence-electron chi connectivity index (χ3n) is 6.28. The summed E-state index contributed by atoms with van der Waals surface area (Å²) in [5.41, 5.74) is 0. The van der Waals surface area contributed by atoms with Crippen molar-refractivity contribution in [3.05, 3.63) is 103 Å². The van der Waals surface area contributed by atoms with E-state index in [0.29, 0.717) is 0 Å². The molecule has 1 heteroatoms. The van der Waals surface area contributed by atoms with Crippen LogP contribution in [0.3, 0.4) is 0 Å². The molecule has 3 aromatic rings. The Balaban J connectivity index is 1.70. The van der Waals surface area contributed by atoms with E-state index in [0.717, 1.165) is 12.3 Å². The molecule has 0 nitrogen and oxygen atoms in total. The molecule has 4 rings (SSSR count). The van der Waals surface area contributed by atoms with Gasteiger partial charge in [-0.1, -0.05) is 86.0 Å². The van der Waals surface area contributed by atoms with Crippen LogP contribution in [0.15, 0.2) is 103 Å². The number of rotatable bonds is 7. The molecule has 0 bridgehead atoms. The molecular weight excluding hydrogens is 367 g/mol. The maximum atomic E-state index is 2.52. The van der Waals surface area contributed by atoms with E-state index in [1.165, 1.54) is 54.2 Å². The number of hydrogen-bond donors (Lipinski definition) is 0. The fourth-order valence-electron chi connectivity index (χ4n) is 4.77. The molecule has 0 aromatic heterocycles. The second-order valence-electron chi connectivity index (χ2n) is 8.15. The minimum Gasteiger partial charge on any atom is -0.0853 e. The van der Waals surface area contributed by atoms with Crippen LogP contribution >= 0.6 is 7.26 Å². The first kappa shape index (κ1) is 20.1. The van der Waals surface area contributed by atoms with Crippen LogP contribution in [0.4, 0.5) is 0 Å². The van der Waals surface area contributed by atoms with Gasteiger partial charge in [-0.2, -0.15) is 0 Å². The summed E-state index contributed by atoms with van der Waals surface area (Å²) in [6.07, 6.45) is 14.3. The van der Waals surface area contributed by atoms with Gasteiger partial charge in [-0.15, -0.1) is 0 Å². The van der Waals surface area contributed by atoms with E-state index in [-0.39, 0.29) is 0 Å². The average Bonchev–Trinajstić information content (AvgIpc) is 2.82. The fraction of sp³-hybridized carbons (Fsp3) is 0.286. The maximum Gasteiger partial charge on any atom is 0.112 e. The molecule has 0 radical (unpaired) electrons. The Morgan fingerprint density at radius 3 is 1.52 bits per heavy atom. The predicted molar refractivity (Wildman–Crippen MR) is 130 cm³/mol. The van der Waals surface area contributed by atoms with Crippen LogP contribution in [-0.2, 0) is 0 Å². The van der Waals surface area contributed by atoms with Gasteiger partial charge in [0, 0.05) is 6.42 Å². The van der Waals surface area contributed by atoms with Gasteiger partial charge in [-0.05, 0) is 55.2 Å². The van der Waals surface area contributed by atoms with Crippen molar-refractivity contribution in [3.8, 4) is 0 Å². The highest BCUT2D eigenvalue weighted by Gasteiger charge is 2.44. The smallest absolute Gasteiger partial charge is 0.0853 e. The SMILES string of the molecule is C(=C\C1CCCCC1)/CC[P+](c1ccccc1)(c1ccccc1)c1ccccc1. The van der Waals surface area contributed by atoms with E-state index >= 15 is 0 Å². The summed E-state index contributed by atoms with van der Waals surface area (Å²) in [6.45, 7) is 0. The van der Waals surface area contributed by atoms with Gasteiger partial charge < -0.3 is 0 Å². The van der Waals surface area contributed by atoms with E-state index in [1.807, 2.05) is 0 Å². The molecule has 0 saturated heterocycles. The highest BCUT2D eigenvalue weighted by molar-refractivity contribution is 7.95. The lowest BCUT2D eigenvalue weighted by Crippen LogP contribution is -2.33. The van der Waals surface area contributed by atoms with Crippen LogP contribution in [-0.4, -0.2) is 6.16 Å². The molecule has 3 aromatic carbocycles. The van der Waals surface area contributed by atoms with E-state index in [9.17, 15) is 0 Å². The van der Waals surface area contributed by atoms with Gasteiger partial charge >= 0.3 is 0 Å². The summed E-state index contributed by atoms with van der Waals surface area (Å²) in [7, 11) is -1.67. The van der Waals surface area contributed by atoms with Crippen LogP contribution < -0.4 is 15.9 Å². The van der Waals surface area contributed by atoms with Crippen molar-refractivity contribution in [2.75, 3.05) is 6.16 Å². The Bertz CT molecular complexity index is 781. The van der Waals surface area contributed by atoms with Crippen molar-refractivity contribution < 1.29 is 0 Å². The molecule has 29 heavy (non-hydrogen) atoms. The summed E-state index contributed by atoms with van der Waals surface area (Å²) in [4.78, 5) is 0. The van der Waals surface area contributed by atoms with Crippen molar-refractivity contribution in [3.63, 3.8) is 0 Å². The first-order valence-electron chi connectivity index (χ1n) is 11.1. The number of hydrogen-bond acceptors (Lipinski definition) is 0. The van der Waals surface area contributed by atoms with Gasteiger partial charge in [0.25, 0.3) is 0 Å². The van der Waals surface area contributed by atoms with E-state index < -0.39 is 7.26 Å². The molecule has 1 aliphatic rings. The van der Waals surface area contributed by atoms with Crippen molar-refractivity contribution >= 4 is 23.2 Å². The van der Waals surface area contributed by atoms with Crippen LogP contribution in [0, 0.1) is 5.92 Å². The molecule has 0 heterocycles. The molecular formula is C28H32P+. The standard InChI is InChI=1S/C28H32P/c1-5-15-25(16-6-1)17-13-14-24-29(26-18-7-2-8-19-26,27-20-9-3-10-21-27)28-22-11-4-12-23-28/h2-4,7-13,17-23,25H,1,5-6,14-16,24H2/q+1/b17-13+. The molecule has 1 saturated carbocycles. The van der Waals surface area contributed by atoms with E-state index in [1.54, 1.807) is 0 Å². The quantitative estimate of drug-likeness (QED) is 0.314. The first-order chi connectivity index (χ1) is 14.4. The molecule has 0 aliphatic heterocycles. The van der Waals surface area contributed by atoms with Crippen molar-refractivity contribution in [2.45, 2.75) is 38.5 Å². The lowest BCUT2D eigenvalue weighted by Gasteiger charge is -2.27. The highest BCUT2D eigenvalue weighted by Crippen LogP contribution is 2.55. The first-order valence-corrected chi connectivity index (χ1v) is 13.1. The normalized spacial score (nSPS) is 15.6. The molecule has 1 fully saturated rings. The Morgan fingerprint density at radius 1 is 0.621 bits per heavy atom. The van der Waals surface area contributed by atoms with Gasteiger partial charge in [0.1, 0.15) is 23.2 Å². The molecule has 1 aliphatic carbocycles. The molecule has 0 N–H and O–H groups in total. The average molecular weight is 400 g/mol. The van der Waals surface area contributed by atoms with E-state index in [2.05, 4.69) is 103 Å². The monoisotopic (exact) mass is 399 g/mol. The Labute approximate surface area is 177 Å². The van der Waals surface area contributed by atoms with Gasteiger partial charge in [0.2, 0.25) is 0 Å². The molecule has 0 spiro atoms. The molecule has 0 amide bonds. The zero-order valence-electron chi connectivity index (χ0n) is 17.3. The van der Waals surface area contributed by atoms with Gasteiger partial charge in [0.15, 0.2) is 0 Å². The van der Waals surface area contributed by atoms with Gasteiger partial charge in [-0.25, -0.2) is 0 Å². The summed E-state index contributed by atoms with van der Waals surface area (Å²) in [5.74, 6) is 0.807. The van der Waals surface area contributed by atoms with Crippen LogP contribution in [0.2, 0.25) is 0 Å². The molecule has 148 valence electrons. The molecule has 0 unspecified atom stereocenters. The molecule has 0 atom stereocenters. The second-order valence-corrected chi connectivity index (χ2v) is 11.8. The van der Waals surface area contributed by atoms with Crippen molar-refractivity contribution in [2.24, 2.45) is 5.92 Å². The zero-order valence-corrected chi connectivity index (χ0v) is 18.2. The predicted octanol–water partition coefficient (Wildman–Crippen LogP) is 6.51. The third kappa shape index (κ3) is 4.71. The van der Waals surface area contributed by atoms with Crippen molar-refractivity contribution in [1.29, 1.82) is 0 Å². The third-order valence-corrected chi connectivity index (χ3v) is 10.7. The Morgan fingerprint density at radius 2 is 1.07 bits per heavy atom. The van der Waals surface area contributed by atoms with E-state index in [4.69, 9.17) is 0 Å².